The van der Waals surface area contributed by atoms with Crippen LogP contribution < -0.4 is 0 Å². The highest BCUT2D eigenvalue weighted by Gasteiger charge is 2.19. The fraction of sp³-hybridized carbons (Fsp3) is 0.412. The number of rotatable bonds is 5. The molecule has 3 aromatic rings. The lowest BCUT2D eigenvalue weighted by Gasteiger charge is -2.02. The molecule has 0 aliphatic heterocycles. The van der Waals surface area contributed by atoms with Gasteiger partial charge in [-0.3, -0.25) is 4.98 Å². The van der Waals surface area contributed by atoms with Gasteiger partial charge >= 0.3 is 0 Å². The van der Waals surface area contributed by atoms with Crippen LogP contribution in [0.5, 0.6) is 0 Å². The standard InChI is InChI=1S/C17H18N4OS/c1-2-6-12(5-1)9-15-20-16(22-21-15)10-13-11-23-17(19-13)14-7-3-4-8-18-14/h3-4,7-8,11-12H,1-2,5-6,9-10H2. The van der Waals surface area contributed by atoms with Gasteiger partial charge in [0.1, 0.15) is 5.01 Å². The van der Waals surface area contributed by atoms with Crippen LogP contribution in [0.1, 0.15) is 43.1 Å². The lowest BCUT2D eigenvalue weighted by Crippen LogP contribution is -2.00. The minimum absolute atomic E-state index is 0.584. The van der Waals surface area contributed by atoms with Crippen molar-refractivity contribution in [1.29, 1.82) is 0 Å². The van der Waals surface area contributed by atoms with E-state index >= 15 is 0 Å². The topological polar surface area (TPSA) is 64.7 Å². The molecule has 5 nitrogen and oxygen atoms in total. The van der Waals surface area contributed by atoms with Crippen molar-refractivity contribution in [2.75, 3.05) is 0 Å². The zero-order chi connectivity index (χ0) is 15.5. The van der Waals surface area contributed by atoms with Crippen LogP contribution in [0, 0.1) is 5.92 Å². The molecule has 0 aromatic carbocycles. The van der Waals surface area contributed by atoms with Crippen LogP contribution in [-0.2, 0) is 12.8 Å². The van der Waals surface area contributed by atoms with Crippen molar-refractivity contribution in [2.45, 2.75) is 38.5 Å². The molecular formula is C17H18N4OS. The summed E-state index contributed by atoms with van der Waals surface area (Å²) in [5, 5.41) is 7.07. The molecular weight excluding hydrogens is 308 g/mol. The fourth-order valence-electron chi connectivity index (χ4n) is 3.07. The Morgan fingerprint density at radius 1 is 1.17 bits per heavy atom. The van der Waals surface area contributed by atoms with Crippen LogP contribution >= 0.6 is 11.3 Å². The van der Waals surface area contributed by atoms with E-state index in [-0.39, 0.29) is 0 Å². The molecule has 0 bridgehead atoms. The lowest BCUT2D eigenvalue weighted by molar-refractivity contribution is 0.374. The van der Waals surface area contributed by atoms with Gasteiger partial charge in [-0.25, -0.2) is 4.98 Å². The van der Waals surface area contributed by atoms with Crippen LogP contribution in [0.3, 0.4) is 0 Å². The van der Waals surface area contributed by atoms with Crippen molar-refractivity contribution in [3.8, 4) is 10.7 Å². The maximum atomic E-state index is 5.38. The monoisotopic (exact) mass is 326 g/mol. The number of nitrogens with zero attached hydrogens (tertiary/aromatic N) is 4. The quantitative estimate of drug-likeness (QED) is 0.711. The summed E-state index contributed by atoms with van der Waals surface area (Å²) in [5.41, 5.74) is 1.85. The predicted molar refractivity (Wildman–Crippen MR) is 88.1 cm³/mol. The molecule has 1 saturated carbocycles. The molecule has 0 N–H and O–H groups in total. The third-order valence-electron chi connectivity index (χ3n) is 4.22. The van der Waals surface area contributed by atoms with E-state index in [2.05, 4.69) is 20.1 Å². The van der Waals surface area contributed by atoms with Crippen LogP contribution in [-0.4, -0.2) is 20.1 Å². The summed E-state index contributed by atoms with van der Waals surface area (Å²) >= 11 is 1.59. The van der Waals surface area contributed by atoms with E-state index < -0.39 is 0 Å². The zero-order valence-electron chi connectivity index (χ0n) is 12.8. The zero-order valence-corrected chi connectivity index (χ0v) is 13.6. The Bertz CT molecular complexity index is 762. The third kappa shape index (κ3) is 3.47. The first-order valence-electron chi connectivity index (χ1n) is 8.04. The van der Waals surface area contributed by atoms with Crippen LogP contribution in [0.4, 0.5) is 0 Å². The second-order valence-electron chi connectivity index (χ2n) is 5.99. The van der Waals surface area contributed by atoms with Gasteiger partial charge < -0.3 is 4.52 Å². The van der Waals surface area contributed by atoms with Gasteiger partial charge in [0.25, 0.3) is 0 Å². The smallest absolute Gasteiger partial charge is 0.232 e. The van der Waals surface area contributed by atoms with Gasteiger partial charge in [0.15, 0.2) is 5.82 Å². The Balaban J connectivity index is 1.42. The van der Waals surface area contributed by atoms with Crippen molar-refractivity contribution in [3.63, 3.8) is 0 Å². The second kappa shape index (κ2) is 6.58. The maximum Gasteiger partial charge on any atom is 0.232 e. The van der Waals surface area contributed by atoms with E-state index in [1.54, 1.807) is 17.5 Å². The molecule has 1 aliphatic carbocycles. The first kappa shape index (κ1) is 14.5. The molecule has 3 heterocycles. The fourth-order valence-corrected chi connectivity index (χ4v) is 3.86. The molecule has 6 heteroatoms. The molecule has 1 aliphatic rings. The highest BCUT2D eigenvalue weighted by atomic mass is 32.1. The summed E-state index contributed by atoms with van der Waals surface area (Å²) in [6.07, 6.45) is 8.58. The summed E-state index contributed by atoms with van der Waals surface area (Å²) in [4.78, 5) is 13.5. The Hall–Kier alpha value is -2.08. The van der Waals surface area contributed by atoms with Crippen molar-refractivity contribution in [1.82, 2.24) is 20.1 Å². The normalized spacial score (nSPS) is 15.3. The van der Waals surface area contributed by atoms with Gasteiger partial charge in [-0.1, -0.05) is 36.9 Å². The highest BCUT2D eigenvalue weighted by molar-refractivity contribution is 7.13. The Morgan fingerprint density at radius 3 is 2.91 bits per heavy atom. The van der Waals surface area contributed by atoms with E-state index in [4.69, 9.17) is 4.52 Å². The molecule has 0 atom stereocenters. The molecule has 1 fully saturated rings. The summed E-state index contributed by atoms with van der Waals surface area (Å²) in [6, 6.07) is 5.84. The summed E-state index contributed by atoms with van der Waals surface area (Å²) in [7, 11) is 0. The molecule has 0 saturated heterocycles. The van der Waals surface area contributed by atoms with Gasteiger partial charge in [-0.2, -0.15) is 4.98 Å². The SMILES string of the molecule is c1ccc(-c2nc(Cc3nc(CC4CCCC4)no3)cs2)nc1. The molecule has 0 unspecified atom stereocenters. The molecule has 0 amide bonds. The molecule has 0 radical (unpaired) electrons. The molecule has 118 valence electrons. The van der Waals surface area contributed by atoms with Crippen molar-refractivity contribution in [3.05, 3.63) is 47.2 Å². The van der Waals surface area contributed by atoms with Crippen molar-refractivity contribution in [2.24, 2.45) is 5.92 Å². The maximum absolute atomic E-state index is 5.38. The number of hydrogen-bond acceptors (Lipinski definition) is 6. The van der Waals surface area contributed by atoms with E-state index in [0.29, 0.717) is 12.3 Å². The molecule has 23 heavy (non-hydrogen) atoms. The van der Waals surface area contributed by atoms with Gasteiger partial charge in [0.05, 0.1) is 17.8 Å². The van der Waals surface area contributed by atoms with E-state index in [0.717, 1.165) is 34.6 Å². The van der Waals surface area contributed by atoms with Crippen LogP contribution in [0.25, 0.3) is 10.7 Å². The van der Waals surface area contributed by atoms with Gasteiger partial charge in [-0.05, 0) is 18.1 Å². The van der Waals surface area contributed by atoms with E-state index in [1.807, 2.05) is 23.6 Å². The number of thiazole rings is 1. The van der Waals surface area contributed by atoms with Crippen LogP contribution in [0.15, 0.2) is 34.3 Å². The van der Waals surface area contributed by atoms with E-state index in [9.17, 15) is 0 Å². The Morgan fingerprint density at radius 2 is 2.09 bits per heavy atom. The second-order valence-corrected chi connectivity index (χ2v) is 6.85. The number of aromatic nitrogens is 4. The largest absolute Gasteiger partial charge is 0.339 e. The summed E-state index contributed by atoms with van der Waals surface area (Å²) in [6.45, 7) is 0. The Kier molecular flexibility index (Phi) is 4.15. The minimum atomic E-state index is 0.584. The average molecular weight is 326 g/mol. The number of hydrogen-bond donors (Lipinski definition) is 0. The van der Waals surface area contributed by atoms with Crippen molar-refractivity contribution >= 4 is 11.3 Å². The number of pyridine rings is 1. The minimum Gasteiger partial charge on any atom is -0.339 e. The van der Waals surface area contributed by atoms with Crippen LogP contribution in [0.2, 0.25) is 0 Å². The average Bonchev–Trinajstić information content (AvgIpc) is 3.32. The predicted octanol–water partition coefficient (Wildman–Crippen LogP) is 3.91. The van der Waals surface area contributed by atoms with E-state index in [1.165, 1.54) is 25.7 Å². The van der Waals surface area contributed by atoms with Crippen molar-refractivity contribution < 1.29 is 4.52 Å². The van der Waals surface area contributed by atoms with Gasteiger partial charge in [0.2, 0.25) is 5.89 Å². The summed E-state index contributed by atoms with van der Waals surface area (Å²) in [5.74, 6) is 2.22. The van der Waals surface area contributed by atoms with Gasteiger partial charge in [0, 0.05) is 18.0 Å². The molecule has 4 rings (SSSR count). The molecule has 3 aromatic heterocycles. The third-order valence-corrected chi connectivity index (χ3v) is 5.14. The first-order valence-corrected chi connectivity index (χ1v) is 8.92. The Labute approximate surface area is 138 Å². The highest BCUT2D eigenvalue weighted by Crippen LogP contribution is 2.27. The first-order chi connectivity index (χ1) is 11.4. The van der Waals surface area contributed by atoms with Gasteiger partial charge in [-0.15, -0.1) is 11.3 Å². The molecule has 0 spiro atoms. The lowest BCUT2D eigenvalue weighted by atomic mass is 10.0. The summed E-state index contributed by atoms with van der Waals surface area (Å²) < 4.78 is 5.38.